The number of anilines is 3. The summed E-state index contributed by atoms with van der Waals surface area (Å²) in [6.45, 7) is 8.59. The van der Waals surface area contributed by atoms with E-state index in [0.29, 0.717) is 24.5 Å². The first-order valence-electron chi connectivity index (χ1n) is 13.1. The minimum Gasteiger partial charge on any atom is -0.383 e. The fourth-order valence-electron chi connectivity index (χ4n) is 4.96. The van der Waals surface area contributed by atoms with Gasteiger partial charge in [-0.15, -0.1) is 11.3 Å². The minimum absolute atomic E-state index is 0.375. The number of rotatable bonds is 9. The average Bonchev–Trinajstić information content (AvgIpc) is 3.62. The van der Waals surface area contributed by atoms with Crippen LogP contribution in [0.2, 0.25) is 0 Å². The SMILES string of the molecule is COCCn1ccc(-c2cccs2)c1C(=O)C(=O)Nc1ccc(N2CCN(c3cc(C)cc(C)n3)CC2)cc1. The van der Waals surface area contributed by atoms with Gasteiger partial charge < -0.3 is 24.4 Å². The zero-order chi connectivity index (χ0) is 27.4. The first kappa shape index (κ1) is 26.6. The van der Waals surface area contributed by atoms with Crippen molar-refractivity contribution in [3.63, 3.8) is 0 Å². The Morgan fingerprint density at radius 1 is 1.00 bits per heavy atom. The van der Waals surface area contributed by atoms with Crippen LogP contribution >= 0.6 is 11.3 Å². The van der Waals surface area contributed by atoms with E-state index in [2.05, 4.69) is 34.2 Å². The number of amides is 1. The van der Waals surface area contributed by atoms with Crippen molar-refractivity contribution in [2.24, 2.45) is 0 Å². The molecule has 4 aromatic rings. The third-order valence-corrected chi connectivity index (χ3v) is 7.79. The number of thiophene rings is 1. The van der Waals surface area contributed by atoms with E-state index in [1.165, 1.54) is 16.9 Å². The molecule has 5 rings (SSSR count). The van der Waals surface area contributed by atoms with Crippen molar-refractivity contribution in [1.82, 2.24) is 9.55 Å². The minimum atomic E-state index is -0.660. The zero-order valence-electron chi connectivity index (χ0n) is 22.5. The van der Waals surface area contributed by atoms with Crippen molar-refractivity contribution in [1.29, 1.82) is 0 Å². The van der Waals surface area contributed by atoms with Crippen LogP contribution in [-0.4, -0.2) is 61.1 Å². The van der Waals surface area contributed by atoms with E-state index >= 15 is 0 Å². The largest absolute Gasteiger partial charge is 0.383 e. The molecule has 1 aliphatic rings. The summed E-state index contributed by atoms with van der Waals surface area (Å²) in [6, 6.07) is 17.7. The number of aryl methyl sites for hydroxylation is 2. The number of piperazine rings is 1. The van der Waals surface area contributed by atoms with Gasteiger partial charge in [0, 0.05) is 73.5 Å². The maximum absolute atomic E-state index is 13.3. The second-order valence-corrected chi connectivity index (χ2v) is 10.6. The monoisotopic (exact) mass is 543 g/mol. The van der Waals surface area contributed by atoms with Gasteiger partial charge in [-0.2, -0.15) is 0 Å². The van der Waals surface area contributed by atoms with Gasteiger partial charge in [-0.25, -0.2) is 4.98 Å². The first-order chi connectivity index (χ1) is 18.9. The number of aromatic nitrogens is 2. The lowest BCUT2D eigenvalue weighted by Crippen LogP contribution is -2.46. The molecule has 1 aliphatic heterocycles. The maximum Gasteiger partial charge on any atom is 0.298 e. The molecule has 0 atom stereocenters. The molecule has 4 heterocycles. The molecule has 9 heteroatoms. The third-order valence-electron chi connectivity index (χ3n) is 6.89. The molecule has 1 amide bonds. The number of nitrogens with zero attached hydrogens (tertiary/aromatic N) is 4. The quantitative estimate of drug-likeness (QED) is 0.236. The van der Waals surface area contributed by atoms with Crippen LogP contribution < -0.4 is 15.1 Å². The van der Waals surface area contributed by atoms with Crippen LogP contribution in [0.15, 0.2) is 66.2 Å². The van der Waals surface area contributed by atoms with Gasteiger partial charge in [0.2, 0.25) is 0 Å². The normalized spacial score (nSPS) is 13.5. The summed E-state index contributed by atoms with van der Waals surface area (Å²) in [5.41, 5.74) is 5.06. The standard InChI is InChI=1S/C30H33N5O3S/c1-21-19-22(2)31-27(20-21)34-14-12-33(13-15-34)24-8-6-23(7-9-24)32-30(37)29(36)28-25(26-5-4-18-39-26)10-11-35(28)16-17-38-3/h4-11,18-20H,12-17H2,1-3H3,(H,32,37). The van der Waals surface area contributed by atoms with E-state index < -0.39 is 11.7 Å². The molecule has 3 aromatic heterocycles. The third kappa shape index (κ3) is 6.05. The summed E-state index contributed by atoms with van der Waals surface area (Å²) in [6.07, 6.45) is 1.83. The Hall–Kier alpha value is -3.95. The number of pyridine rings is 1. The Morgan fingerprint density at radius 3 is 2.41 bits per heavy atom. The summed E-state index contributed by atoms with van der Waals surface area (Å²) in [7, 11) is 1.61. The molecule has 0 unspecified atom stereocenters. The van der Waals surface area contributed by atoms with Crippen molar-refractivity contribution in [2.45, 2.75) is 20.4 Å². The molecule has 39 heavy (non-hydrogen) atoms. The lowest BCUT2D eigenvalue weighted by atomic mass is 10.1. The number of carbonyl (C=O) groups excluding carboxylic acids is 2. The van der Waals surface area contributed by atoms with Crippen LogP contribution in [0.3, 0.4) is 0 Å². The molecule has 0 spiro atoms. The van der Waals surface area contributed by atoms with Crippen LogP contribution in [-0.2, 0) is 16.1 Å². The van der Waals surface area contributed by atoms with Gasteiger partial charge in [0.25, 0.3) is 11.7 Å². The lowest BCUT2D eigenvalue weighted by Gasteiger charge is -2.37. The van der Waals surface area contributed by atoms with Gasteiger partial charge in [0.15, 0.2) is 0 Å². The van der Waals surface area contributed by atoms with E-state index in [9.17, 15) is 9.59 Å². The average molecular weight is 544 g/mol. The van der Waals surface area contributed by atoms with Crippen molar-refractivity contribution in [3.8, 4) is 10.4 Å². The van der Waals surface area contributed by atoms with Gasteiger partial charge in [0.05, 0.1) is 6.61 Å². The lowest BCUT2D eigenvalue weighted by molar-refractivity contribution is -0.112. The summed E-state index contributed by atoms with van der Waals surface area (Å²) < 4.78 is 6.98. The van der Waals surface area contributed by atoms with Gasteiger partial charge in [0.1, 0.15) is 11.5 Å². The number of ether oxygens (including phenoxy) is 1. The Kier molecular flexibility index (Phi) is 8.09. The number of nitrogens with one attached hydrogen (secondary N) is 1. The molecular formula is C30H33N5O3S. The summed E-state index contributed by atoms with van der Waals surface area (Å²) in [4.78, 5) is 36.7. The van der Waals surface area contributed by atoms with Crippen LogP contribution in [0, 0.1) is 13.8 Å². The molecule has 202 valence electrons. The van der Waals surface area contributed by atoms with Crippen molar-refractivity contribution in [3.05, 3.63) is 83.1 Å². The Morgan fingerprint density at radius 2 is 1.74 bits per heavy atom. The van der Waals surface area contributed by atoms with Gasteiger partial charge in [-0.3, -0.25) is 9.59 Å². The smallest absolute Gasteiger partial charge is 0.298 e. The van der Waals surface area contributed by atoms with E-state index in [1.807, 2.05) is 61.0 Å². The highest BCUT2D eigenvalue weighted by molar-refractivity contribution is 7.13. The highest BCUT2D eigenvalue weighted by atomic mass is 32.1. The topological polar surface area (TPSA) is 79.7 Å². The van der Waals surface area contributed by atoms with Crippen LogP contribution in [0.25, 0.3) is 10.4 Å². The molecule has 1 fully saturated rings. The van der Waals surface area contributed by atoms with Crippen LogP contribution in [0.5, 0.6) is 0 Å². The number of hydrogen-bond acceptors (Lipinski definition) is 7. The second-order valence-electron chi connectivity index (χ2n) is 9.69. The predicted molar refractivity (Wildman–Crippen MR) is 157 cm³/mol. The molecule has 8 nitrogen and oxygen atoms in total. The molecule has 0 radical (unpaired) electrons. The molecule has 1 aromatic carbocycles. The number of methoxy groups -OCH3 is 1. The van der Waals surface area contributed by atoms with Gasteiger partial charge >= 0.3 is 0 Å². The molecular weight excluding hydrogens is 510 g/mol. The predicted octanol–water partition coefficient (Wildman–Crippen LogP) is 5.02. The molecule has 1 saturated heterocycles. The number of hydrogen-bond donors (Lipinski definition) is 1. The van der Waals surface area contributed by atoms with Crippen molar-refractivity contribution >= 4 is 40.2 Å². The summed E-state index contributed by atoms with van der Waals surface area (Å²) in [5.74, 6) is -0.197. The van der Waals surface area contributed by atoms with Crippen LogP contribution in [0.4, 0.5) is 17.2 Å². The zero-order valence-corrected chi connectivity index (χ0v) is 23.3. The van der Waals surface area contributed by atoms with E-state index in [0.717, 1.165) is 53.8 Å². The molecule has 0 aliphatic carbocycles. The Bertz CT molecular complexity index is 1420. The second kappa shape index (κ2) is 11.8. The molecule has 0 saturated carbocycles. The summed E-state index contributed by atoms with van der Waals surface area (Å²) in [5, 5.41) is 4.75. The van der Waals surface area contributed by atoms with Gasteiger partial charge in [-0.05, 0) is 73.3 Å². The van der Waals surface area contributed by atoms with Crippen molar-refractivity contribution in [2.75, 3.05) is 55.0 Å². The molecule has 1 N–H and O–H groups in total. The number of Topliss-reactive ketones (excluding diaryl/α,β-unsaturated/α-hetero) is 1. The maximum atomic E-state index is 13.3. The fraction of sp³-hybridized carbons (Fsp3) is 0.300. The van der Waals surface area contributed by atoms with E-state index in [1.54, 1.807) is 11.7 Å². The first-order valence-corrected chi connectivity index (χ1v) is 13.9. The highest BCUT2D eigenvalue weighted by Gasteiger charge is 2.25. The van der Waals surface area contributed by atoms with Crippen LogP contribution in [0.1, 0.15) is 21.7 Å². The summed E-state index contributed by atoms with van der Waals surface area (Å²) >= 11 is 1.54. The van der Waals surface area contributed by atoms with Gasteiger partial charge in [-0.1, -0.05) is 6.07 Å². The van der Waals surface area contributed by atoms with Crippen molar-refractivity contribution < 1.29 is 14.3 Å². The number of benzene rings is 1. The van der Waals surface area contributed by atoms with E-state index in [-0.39, 0.29) is 0 Å². The Balaban J connectivity index is 1.23. The fourth-order valence-corrected chi connectivity index (χ4v) is 5.71. The number of carbonyl (C=O) groups is 2. The highest BCUT2D eigenvalue weighted by Crippen LogP contribution is 2.30. The Labute approximate surface area is 232 Å². The number of ketones is 1. The van der Waals surface area contributed by atoms with E-state index in [4.69, 9.17) is 9.72 Å². The molecule has 0 bridgehead atoms.